The van der Waals surface area contributed by atoms with Gasteiger partial charge in [-0.3, -0.25) is 4.79 Å². The summed E-state index contributed by atoms with van der Waals surface area (Å²) in [6.07, 6.45) is 2.54. The zero-order valence-electron chi connectivity index (χ0n) is 15.5. The highest BCUT2D eigenvalue weighted by Gasteiger charge is 2.20. The van der Waals surface area contributed by atoms with Gasteiger partial charge in [-0.25, -0.2) is 4.79 Å². The minimum absolute atomic E-state index is 0.0220. The van der Waals surface area contributed by atoms with Gasteiger partial charge in [0.15, 0.2) is 0 Å². The van der Waals surface area contributed by atoms with Crippen molar-refractivity contribution < 1.29 is 9.59 Å². The third-order valence-electron chi connectivity index (χ3n) is 4.37. The van der Waals surface area contributed by atoms with Gasteiger partial charge in [0.1, 0.15) is 0 Å². The molecule has 3 amide bonds. The van der Waals surface area contributed by atoms with E-state index >= 15 is 0 Å². The normalized spacial score (nSPS) is 13.1. The van der Waals surface area contributed by atoms with Crippen LogP contribution in [-0.4, -0.2) is 25.0 Å². The van der Waals surface area contributed by atoms with E-state index in [-0.39, 0.29) is 11.9 Å². The number of urea groups is 1. The summed E-state index contributed by atoms with van der Waals surface area (Å²) in [5.74, 6) is 0.734. The number of aryl methyl sites for hydroxylation is 1. The van der Waals surface area contributed by atoms with Crippen LogP contribution in [0, 0.1) is 12.8 Å². The second-order valence-corrected chi connectivity index (χ2v) is 7.00. The smallest absolute Gasteiger partial charge is 0.323 e. The van der Waals surface area contributed by atoms with Gasteiger partial charge < -0.3 is 21.3 Å². The Morgan fingerprint density at radius 1 is 1.00 bits per heavy atom. The molecule has 0 spiro atoms. The Bertz CT molecular complexity index is 802. The van der Waals surface area contributed by atoms with Crippen LogP contribution in [0.5, 0.6) is 0 Å². The number of carbonyl (C=O) groups is 2. The molecule has 0 saturated heterocycles. The molecule has 0 bridgehead atoms. The quantitative estimate of drug-likeness (QED) is 0.579. The molecule has 0 heterocycles. The van der Waals surface area contributed by atoms with Crippen LogP contribution in [0.3, 0.4) is 0 Å². The Morgan fingerprint density at radius 2 is 1.70 bits per heavy atom. The van der Waals surface area contributed by atoms with E-state index in [4.69, 9.17) is 0 Å². The third kappa shape index (κ3) is 6.75. The number of amides is 3. The molecule has 6 heteroatoms. The fourth-order valence-corrected chi connectivity index (χ4v) is 2.75. The van der Waals surface area contributed by atoms with E-state index in [0.29, 0.717) is 18.8 Å². The summed E-state index contributed by atoms with van der Waals surface area (Å²) in [4.78, 5) is 24.0. The largest absolute Gasteiger partial charge is 0.351 e. The van der Waals surface area contributed by atoms with Crippen molar-refractivity contribution in [1.82, 2.24) is 10.6 Å². The van der Waals surface area contributed by atoms with Crippen molar-refractivity contribution in [3.63, 3.8) is 0 Å². The summed E-state index contributed by atoms with van der Waals surface area (Å²) >= 11 is 0. The fraction of sp³-hybridized carbons (Fsp3) is 0.333. The van der Waals surface area contributed by atoms with Crippen LogP contribution >= 0.6 is 0 Å². The van der Waals surface area contributed by atoms with Gasteiger partial charge in [0.2, 0.25) is 5.91 Å². The highest BCUT2D eigenvalue weighted by Crippen LogP contribution is 2.27. The molecule has 0 atom stereocenters. The van der Waals surface area contributed by atoms with Crippen LogP contribution in [0.4, 0.5) is 16.2 Å². The SMILES string of the molecule is Cc1cccc(NC(=O)Nc2cccc(CNC(=O)CNCC3CC3)c2)c1. The molecule has 2 aromatic rings. The van der Waals surface area contributed by atoms with E-state index in [1.165, 1.54) is 12.8 Å². The standard InChI is InChI=1S/C21H26N4O2/c1-15-4-2-6-18(10-15)24-21(27)25-19-7-3-5-17(11-19)13-23-20(26)14-22-12-16-8-9-16/h2-7,10-11,16,22H,8-9,12-14H2,1H3,(H,23,26)(H2,24,25,27). The maximum absolute atomic E-state index is 12.1. The molecular weight excluding hydrogens is 340 g/mol. The van der Waals surface area contributed by atoms with Crippen molar-refractivity contribution in [3.05, 3.63) is 59.7 Å². The van der Waals surface area contributed by atoms with Crippen LogP contribution in [-0.2, 0) is 11.3 Å². The Labute approximate surface area is 159 Å². The van der Waals surface area contributed by atoms with Gasteiger partial charge in [0.25, 0.3) is 0 Å². The second kappa shape index (κ2) is 9.19. The minimum atomic E-state index is -0.300. The maximum Gasteiger partial charge on any atom is 0.323 e. The number of benzene rings is 2. The molecule has 2 aromatic carbocycles. The summed E-state index contributed by atoms with van der Waals surface area (Å²) in [7, 11) is 0. The molecule has 0 radical (unpaired) electrons. The van der Waals surface area contributed by atoms with E-state index in [9.17, 15) is 9.59 Å². The molecule has 6 nitrogen and oxygen atoms in total. The van der Waals surface area contributed by atoms with Crippen molar-refractivity contribution in [2.45, 2.75) is 26.3 Å². The topological polar surface area (TPSA) is 82.3 Å². The molecule has 1 aliphatic carbocycles. The lowest BCUT2D eigenvalue weighted by atomic mass is 10.2. The molecule has 1 saturated carbocycles. The number of anilines is 2. The molecule has 27 heavy (non-hydrogen) atoms. The van der Waals surface area contributed by atoms with E-state index < -0.39 is 0 Å². The maximum atomic E-state index is 12.1. The van der Waals surface area contributed by atoms with Crippen molar-refractivity contribution in [3.8, 4) is 0 Å². The van der Waals surface area contributed by atoms with E-state index in [0.717, 1.165) is 29.3 Å². The molecular formula is C21H26N4O2. The van der Waals surface area contributed by atoms with Gasteiger partial charge in [0, 0.05) is 17.9 Å². The number of carbonyl (C=O) groups excluding carboxylic acids is 2. The lowest BCUT2D eigenvalue weighted by Gasteiger charge is -2.10. The van der Waals surface area contributed by atoms with Gasteiger partial charge in [-0.1, -0.05) is 24.3 Å². The third-order valence-corrected chi connectivity index (χ3v) is 4.37. The van der Waals surface area contributed by atoms with Crippen LogP contribution in [0.1, 0.15) is 24.0 Å². The number of rotatable bonds is 8. The average molecular weight is 366 g/mol. The first kappa shape index (κ1) is 18.9. The fourth-order valence-electron chi connectivity index (χ4n) is 2.75. The average Bonchev–Trinajstić information content (AvgIpc) is 3.44. The number of hydrogen-bond acceptors (Lipinski definition) is 3. The van der Waals surface area contributed by atoms with Gasteiger partial charge in [-0.15, -0.1) is 0 Å². The van der Waals surface area contributed by atoms with Crippen molar-refractivity contribution in [2.24, 2.45) is 5.92 Å². The van der Waals surface area contributed by atoms with Crippen LogP contribution in [0.2, 0.25) is 0 Å². The van der Waals surface area contributed by atoms with Gasteiger partial charge >= 0.3 is 6.03 Å². The van der Waals surface area contributed by atoms with Crippen molar-refractivity contribution >= 4 is 23.3 Å². The van der Waals surface area contributed by atoms with Crippen LogP contribution in [0.25, 0.3) is 0 Å². The molecule has 0 unspecified atom stereocenters. The van der Waals surface area contributed by atoms with Crippen LogP contribution in [0.15, 0.2) is 48.5 Å². The molecule has 142 valence electrons. The molecule has 3 rings (SSSR count). The van der Waals surface area contributed by atoms with Gasteiger partial charge in [-0.2, -0.15) is 0 Å². The monoisotopic (exact) mass is 366 g/mol. The molecule has 4 N–H and O–H groups in total. The van der Waals surface area contributed by atoms with Gasteiger partial charge in [0.05, 0.1) is 6.54 Å². The zero-order valence-corrected chi connectivity index (χ0v) is 15.5. The predicted molar refractivity (Wildman–Crippen MR) is 108 cm³/mol. The van der Waals surface area contributed by atoms with Gasteiger partial charge in [-0.05, 0) is 67.6 Å². The summed E-state index contributed by atoms with van der Waals surface area (Å²) in [6.45, 7) is 3.66. The zero-order chi connectivity index (χ0) is 19.1. The first-order valence-corrected chi connectivity index (χ1v) is 9.29. The number of hydrogen-bond donors (Lipinski definition) is 4. The lowest BCUT2D eigenvalue weighted by Crippen LogP contribution is -2.34. The number of nitrogens with one attached hydrogen (secondary N) is 4. The first-order chi connectivity index (χ1) is 13.1. The highest BCUT2D eigenvalue weighted by molar-refractivity contribution is 5.99. The summed E-state index contributed by atoms with van der Waals surface area (Å²) in [5, 5.41) is 11.7. The molecule has 0 aromatic heterocycles. The molecule has 1 aliphatic rings. The Hall–Kier alpha value is -2.86. The lowest BCUT2D eigenvalue weighted by molar-refractivity contribution is -0.120. The summed E-state index contributed by atoms with van der Waals surface area (Å²) < 4.78 is 0. The summed E-state index contributed by atoms with van der Waals surface area (Å²) in [6, 6.07) is 14.8. The Balaban J connectivity index is 1.44. The van der Waals surface area contributed by atoms with Crippen LogP contribution < -0.4 is 21.3 Å². The second-order valence-electron chi connectivity index (χ2n) is 7.00. The minimum Gasteiger partial charge on any atom is -0.351 e. The molecule has 0 aliphatic heterocycles. The van der Waals surface area contributed by atoms with Crippen molar-refractivity contribution in [2.75, 3.05) is 23.7 Å². The predicted octanol–water partition coefficient (Wildman–Crippen LogP) is 3.25. The highest BCUT2D eigenvalue weighted by atomic mass is 16.2. The van der Waals surface area contributed by atoms with Crippen molar-refractivity contribution in [1.29, 1.82) is 0 Å². The Kier molecular flexibility index (Phi) is 6.44. The summed E-state index contributed by atoms with van der Waals surface area (Å²) in [5.41, 5.74) is 3.43. The van der Waals surface area contributed by atoms with E-state index in [1.807, 2.05) is 55.5 Å². The molecule has 1 fully saturated rings. The Morgan fingerprint density at radius 3 is 2.41 bits per heavy atom. The first-order valence-electron chi connectivity index (χ1n) is 9.29. The van der Waals surface area contributed by atoms with E-state index in [2.05, 4.69) is 21.3 Å². The van der Waals surface area contributed by atoms with E-state index in [1.54, 1.807) is 0 Å².